The number of nitrogens with zero attached hydrogens (tertiary/aromatic N) is 2. The molecule has 1 aliphatic heterocycles. The van der Waals surface area contributed by atoms with Gasteiger partial charge in [0.1, 0.15) is 0 Å². The summed E-state index contributed by atoms with van der Waals surface area (Å²) in [7, 11) is 0. The molecule has 0 saturated heterocycles. The van der Waals surface area contributed by atoms with Gasteiger partial charge in [-0.25, -0.2) is 0 Å². The van der Waals surface area contributed by atoms with Crippen molar-refractivity contribution in [3.63, 3.8) is 0 Å². The molecule has 1 fully saturated rings. The Morgan fingerprint density at radius 1 is 0.933 bits per heavy atom. The lowest BCUT2D eigenvalue weighted by Gasteiger charge is -2.41. The summed E-state index contributed by atoms with van der Waals surface area (Å²) < 4.78 is 0. The maximum Gasteiger partial charge on any atom is 0.0607 e. The quantitative estimate of drug-likeness (QED) is 0.791. The number of aryl methyl sites for hydroxylation is 1. The number of hydrogen-bond donors (Lipinski definition) is 2. The normalized spacial score (nSPS) is 28.7. The van der Waals surface area contributed by atoms with Crippen LogP contribution >= 0.6 is 0 Å². The van der Waals surface area contributed by atoms with Crippen molar-refractivity contribution in [2.45, 2.75) is 76.0 Å². The van der Waals surface area contributed by atoms with Gasteiger partial charge < -0.3 is 11.1 Å². The van der Waals surface area contributed by atoms with Gasteiger partial charge in [0.2, 0.25) is 0 Å². The highest BCUT2D eigenvalue weighted by Gasteiger charge is 2.32. The maximum atomic E-state index is 6.19. The van der Waals surface area contributed by atoms with Crippen LogP contribution in [0.25, 0.3) is 0 Å². The van der Waals surface area contributed by atoms with Crippen molar-refractivity contribution >= 4 is 0 Å². The number of rotatable bonds is 5. The summed E-state index contributed by atoms with van der Waals surface area (Å²) in [5, 5.41) is 3.83. The first kappa shape index (κ1) is 20.2. The minimum absolute atomic E-state index is 0.420. The van der Waals surface area contributed by atoms with E-state index >= 15 is 0 Å². The number of hydrogen-bond acceptors (Lipinski definition) is 4. The van der Waals surface area contributed by atoms with Crippen LogP contribution in [0.3, 0.4) is 0 Å². The highest BCUT2D eigenvalue weighted by molar-refractivity contribution is 5.30. The topological polar surface area (TPSA) is 54.2 Å². The van der Waals surface area contributed by atoms with Crippen molar-refractivity contribution in [1.29, 1.82) is 0 Å². The minimum atomic E-state index is 0.420. The molecule has 4 nitrogen and oxygen atoms in total. The van der Waals surface area contributed by atoms with Gasteiger partial charge in [-0.1, -0.05) is 30.3 Å². The molecule has 3 aliphatic rings. The summed E-state index contributed by atoms with van der Waals surface area (Å²) in [5.41, 5.74) is 12.0. The number of aromatic nitrogens is 1. The average Bonchev–Trinajstić information content (AvgIpc) is 2.79. The molecule has 4 heteroatoms. The van der Waals surface area contributed by atoms with Crippen LogP contribution in [-0.4, -0.2) is 35.1 Å². The summed E-state index contributed by atoms with van der Waals surface area (Å²) >= 11 is 0. The van der Waals surface area contributed by atoms with Crippen LogP contribution in [0.1, 0.15) is 67.0 Å². The Hall–Kier alpha value is -1.75. The Morgan fingerprint density at radius 3 is 2.60 bits per heavy atom. The zero-order valence-corrected chi connectivity index (χ0v) is 18.1. The summed E-state index contributed by atoms with van der Waals surface area (Å²) in [6.07, 6.45) is 11.7. The molecule has 30 heavy (non-hydrogen) atoms. The molecule has 0 amide bonds. The van der Waals surface area contributed by atoms with Gasteiger partial charge in [0.15, 0.2) is 0 Å². The van der Waals surface area contributed by atoms with E-state index in [0.29, 0.717) is 18.1 Å². The maximum absolute atomic E-state index is 6.19. The second-order valence-corrected chi connectivity index (χ2v) is 9.74. The molecule has 5 rings (SSSR count). The van der Waals surface area contributed by atoms with Crippen molar-refractivity contribution in [3.05, 3.63) is 65.0 Å². The molecule has 2 atom stereocenters. The van der Waals surface area contributed by atoms with E-state index in [1.165, 1.54) is 73.9 Å². The third kappa shape index (κ3) is 4.46. The van der Waals surface area contributed by atoms with Crippen molar-refractivity contribution < 1.29 is 0 Å². The SMILES string of the molecule is N[C@H]1CC[C@H](CN(C[C@H]2Cc3ccccc3CN2)[C@H]2CCCc3cccnc32)CC1. The predicted molar refractivity (Wildman–Crippen MR) is 122 cm³/mol. The Bertz CT molecular complexity index is 842. The first-order valence-corrected chi connectivity index (χ1v) is 12.0. The Morgan fingerprint density at radius 2 is 1.73 bits per heavy atom. The smallest absolute Gasteiger partial charge is 0.0607 e. The lowest BCUT2D eigenvalue weighted by atomic mass is 9.84. The summed E-state index contributed by atoms with van der Waals surface area (Å²) in [6, 6.07) is 14.7. The Labute approximate surface area is 181 Å². The molecule has 1 aromatic heterocycles. The molecule has 1 aromatic carbocycles. The minimum Gasteiger partial charge on any atom is -0.328 e. The molecule has 0 spiro atoms. The molecular formula is C26H36N4. The fourth-order valence-electron chi connectivity index (χ4n) is 5.91. The largest absolute Gasteiger partial charge is 0.328 e. The Kier molecular flexibility index (Phi) is 6.17. The summed E-state index contributed by atoms with van der Waals surface area (Å²) in [5.74, 6) is 0.773. The van der Waals surface area contributed by atoms with Gasteiger partial charge in [0.05, 0.1) is 11.7 Å². The van der Waals surface area contributed by atoms with E-state index in [-0.39, 0.29) is 0 Å². The van der Waals surface area contributed by atoms with Crippen molar-refractivity contribution in [1.82, 2.24) is 15.2 Å². The monoisotopic (exact) mass is 404 g/mol. The number of nitrogens with one attached hydrogen (secondary N) is 1. The fourth-order valence-corrected chi connectivity index (χ4v) is 5.91. The van der Waals surface area contributed by atoms with Gasteiger partial charge in [-0.15, -0.1) is 0 Å². The third-order valence-corrected chi connectivity index (χ3v) is 7.61. The predicted octanol–water partition coefficient (Wildman–Crippen LogP) is 3.99. The van der Waals surface area contributed by atoms with Crippen molar-refractivity contribution in [3.8, 4) is 0 Å². The molecule has 1 saturated carbocycles. The molecule has 160 valence electrons. The zero-order chi connectivity index (χ0) is 20.3. The highest BCUT2D eigenvalue weighted by Crippen LogP contribution is 2.35. The van der Waals surface area contributed by atoms with E-state index in [1.54, 1.807) is 0 Å². The van der Waals surface area contributed by atoms with Crippen LogP contribution in [0.15, 0.2) is 42.6 Å². The van der Waals surface area contributed by atoms with E-state index < -0.39 is 0 Å². The lowest BCUT2D eigenvalue weighted by molar-refractivity contribution is 0.115. The second kappa shape index (κ2) is 9.17. The molecule has 2 aromatic rings. The van der Waals surface area contributed by atoms with Gasteiger partial charge in [-0.3, -0.25) is 9.88 Å². The van der Waals surface area contributed by atoms with Gasteiger partial charge in [0, 0.05) is 37.9 Å². The number of fused-ring (bicyclic) bond motifs is 2. The number of nitrogens with two attached hydrogens (primary N) is 1. The zero-order valence-electron chi connectivity index (χ0n) is 18.1. The standard InChI is InChI=1S/C26H36N4/c27-23-12-10-19(11-13-23)17-30(25-9-3-7-20-8-4-14-28-26(20)25)18-24-15-21-5-1-2-6-22(21)16-29-24/h1-2,4-6,8,14,19,23-25,29H,3,7,9-13,15-18,27H2/t19-,23-,24-,25+/m1/s1. The van der Waals surface area contributed by atoms with Gasteiger partial charge in [-0.2, -0.15) is 0 Å². The van der Waals surface area contributed by atoms with Gasteiger partial charge >= 0.3 is 0 Å². The molecule has 0 radical (unpaired) electrons. The summed E-state index contributed by atoms with van der Waals surface area (Å²) in [4.78, 5) is 7.66. The number of benzene rings is 1. The molecular weight excluding hydrogens is 368 g/mol. The molecule has 2 heterocycles. The van der Waals surface area contributed by atoms with Crippen molar-refractivity contribution in [2.75, 3.05) is 13.1 Å². The van der Waals surface area contributed by atoms with E-state index in [4.69, 9.17) is 10.7 Å². The second-order valence-electron chi connectivity index (χ2n) is 9.74. The van der Waals surface area contributed by atoms with E-state index in [2.05, 4.69) is 46.6 Å². The molecule has 2 aliphatic carbocycles. The molecule has 3 N–H and O–H groups in total. The van der Waals surface area contributed by atoms with Gasteiger partial charge in [0.25, 0.3) is 0 Å². The molecule has 0 unspecified atom stereocenters. The van der Waals surface area contributed by atoms with Crippen LogP contribution in [-0.2, 0) is 19.4 Å². The fraction of sp³-hybridized carbons (Fsp3) is 0.577. The average molecular weight is 405 g/mol. The van der Waals surface area contributed by atoms with E-state index in [0.717, 1.165) is 25.4 Å². The van der Waals surface area contributed by atoms with Crippen LogP contribution in [0, 0.1) is 5.92 Å². The van der Waals surface area contributed by atoms with Crippen molar-refractivity contribution in [2.24, 2.45) is 11.7 Å². The van der Waals surface area contributed by atoms with E-state index in [1.807, 2.05) is 6.20 Å². The highest BCUT2D eigenvalue weighted by atomic mass is 15.2. The van der Waals surface area contributed by atoms with Crippen LogP contribution in [0.5, 0.6) is 0 Å². The van der Waals surface area contributed by atoms with Crippen LogP contribution in [0.2, 0.25) is 0 Å². The summed E-state index contributed by atoms with van der Waals surface area (Å²) in [6.45, 7) is 3.29. The van der Waals surface area contributed by atoms with E-state index in [9.17, 15) is 0 Å². The Balaban J connectivity index is 1.35. The number of pyridine rings is 1. The molecule has 0 bridgehead atoms. The lowest BCUT2D eigenvalue weighted by Crippen LogP contribution is -2.48. The first-order valence-electron chi connectivity index (χ1n) is 12.0. The van der Waals surface area contributed by atoms with Gasteiger partial charge in [-0.05, 0) is 80.0 Å². The van der Waals surface area contributed by atoms with Crippen LogP contribution in [0.4, 0.5) is 0 Å². The first-order chi connectivity index (χ1) is 14.8. The third-order valence-electron chi connectivity index (χ3n) is 7.61. The van der Waals surface area contributed by atoms with Crippen LogP contribution < -0.4 is 11.1 Å².